The fraction of sp³-hybridized carbons (Fsp3) is 1.00. The van der Waals surface area contributed by atoms with Gasteiger partial charge < -0.3 is 0 Å². The highest BCUT2D eigenvalue weighted by atomic mass is 14.4. The second-order valence-corrected chi connectivity index (χ2v) is 9.66. The first kappa shape index (κ1) is 20.3. The lowest BCUT2D eigenvalue weighted by Gasteiger charge is -2.40. The predicted molar refractivity (Wildman–Crippen MR) is 108 cm³/mol. The molecule has 2 rings (SSSR count). The van der Waals surface area contributed by atoms with E-state index in [1.165, 1.54) is 57.8 Å². The van der Waals surface area contributed by atoms with Crippen LogP contribution in [0.3, 0.4) is 0 Å². The van der Waals surface area contributed by atoms with Gasteiger partial charge in [0.15, 0.2) is 0 Å². The molecule has 0 saturated heterocycles. The minimum absolute atomic E-state index is 0.895. The fourth-order valence-electron chi connectivity index (χ4n) is 5.77. The third-order valence-electron chi connectivity index (χ3n) is 7.29. The average molecular weight is 335 g/mol. The van der Waals surface area contributed by atoms with Gasteiger partial charge in [-0.25, -0.2) is 0 Å². The lowest BCUT2D eigenvalue weighted by atomic mass is 9.66. The van der Waals surface area contributed by atoms with Gasteiger partial charge in [0.2, 0.25) is 0 Å². The Morgan fingerprint density at radius 1 is 0.708 bits per heavy atom. The van der Waals surface area contributed by atoms with Crippen LogP contribution in [0.4, 0.5) is 0 Å². The Morgan fingerprint density at radius 2 is 1.38 bits per heavy atom. The summed E-state index contributed by atoms with van der Waals surface area (Å²) in [6, 6.07) is 0. The first-order valence-electron chi connectivity index (χ1n) is 11.7. The topological polar surface area (TPSA) is 0 Å². The van der Waals surface area contributed by atoms with Gasteiger partial charge in [0.05, 0.1) is 0 Å². The van der Waals surface area contributed by atoms with Crippen molar-refractivity contribution >= 4 is 0 Å². The molecule has 2 saturated carbocycles. The number of hydrogen-bond donors (Lipinski definition) is 0. The molecule has 0 heterocycles. The minimum atomic E-state index is 0.895. The zero-order valence-corrected chi connectivity index (χ0v) is 17.2. The van der Waals surface area contributed by atoms with Crippen molar-refractivity contribution in [2.75, 3.05) is 0 Å². The maximum atomic E-state index is 2.40. The molecule has 2 fully saturated rings. The average Bonchev–Trinajstić information content (AvgIpc) is 2.60. The first-order valence-corrected chi connectivity index (χ1v) is 11.7. The molecule has 2 aliphatic rings. The van der Waals surface area contributed by atoms with Crippen LogP contribution in [-0.2, 0) is 0 Å². The molecule has 142 valence electrons. The minimum Gasteiger partial charge on any atom is -0.0654 e. The summed E-state index contributed by atoms with van der Waals surface area (Å²) in [7, 11) is 0. The summed E-state index contributed by atoms with van der Waals surface area (Å²) in [6.45, 7) is 7.14. The van der Waals surface area contributed by atoms with E-state index in [9.17, 15) is 0 Å². The second kappa shape index (κ2) is 11.6. The second-order valence-electron chi connectivity index (χ2n) is 9.66. The van der Waals surface area contributed by atoms with Crippen molar-refractivity contribution in [2.45, 2.75) is 124 Å². The van der Waals surface area contributed by atoms with Gasteiger partial charge in [-0.05, 0) is 48.9 Å². The molecule has 0 nitrogen and oxygen atoms in total. The van der Waals surface area contributed by atoms with E-state index in [2.05, 4.69) is 20.8 Å². The highest BCUT2D eigenvalue weighted by Crippen LogP contribution is 2.44. The Labute approximate surface area is 153 Å². The summed E-state index contributed by atoms with van der Waals surface area (Å²) < 4.78 is 0. The Hall–Kier alpha value is 0. The van der Waals surface area contributed by atoms with Crippen LogP contribution in [0.15, 0.2) is 0 Å². The molecule has 24 heavy (non-hydrogen) atoms. The van der Waals surface area contributed by atoms with E-state index in [0.717, 1.165) is 29.6 Å². The van der Waals surface area contributed by atoms with E-state index in [-0.39, 0.29) is 0 Å². The van der Waals surface area contributed by atoms with E-state index < -0.39 is 0 Å². The van der Waals surface area contributed by atoms with Crippen molar-refractivity contribution in [1.82, 2.24) is 0 Å². The molecule has 0 amide bonds. The quantitative estimate of drug-likeness (QED) is 0.352. The molecule has 0 spiro atoms. The molecule has 1 unspecified atom stereocenters. The van der Waals surface area contributed by atoms with Crippen molar-refractivity contribution in [2.24, 2.45) is 29.6 Å². The van der Waals surface area contributed by atoms with Crippen molar-refractivity contribution < 1.29 is 0 Å². The van der Waals surface area contributed by atoms with Crippen LogP contribution >= 0.6 is 0 Å². The van der Waals surface area contributed by atoms with Crippen LogP contribution in [0.25, 0.3) is 0 Å². The van der Waals surface area contributed by atoms with Gasteiger partial charge in [-0.15, -0.1) is 0 Å². The zero-order chi connectivity index (χ0) is 17.2. The summed E-state index contributed by atoms with van der Waals surface area (Å²) >= 11 is 0. The predicted octanol–water partition coefficient (Wildman–Crippen LogP) is 8.40. The van der Waals surface area contributed by atoms with Crippen LogP contribution in [0.1, 0.15) is 124 Å². The Kier molecular flexibility index (Phi) is 9.80. The van der Waals surface area contributed by atoms with Crippen LogP contribution in [0.5, 0.6) is 0 Å². The lowest BCUT2D eigenvalue weighted by Crippen LogP contribution is -2.29. The SMILES string of the molecule is CCCCCC1CCC(C(CCCC(C)C)C2CCCCC2)CC1. The number of rotatable bonds is 10. The summed E-state index contributed by atoms with van der Waals surface area (Å²) in [5.74, 6) is 5.23. The van der Waals surface area contributed by atoms with E-state index in [1.807, 2.05) is 0 Å². The molecule has 0 aromatic rings. The zero-order valence-electron chi connectivity index (χ0n) is 17.2. The Balaban J connectivity index is 1.80. The summed E-state index contributed by atoms with van der Waals surface area (Å²) in [5, 5.41) is 0. The molecule has 0 heteroatoms. The summed E-state index contributed by atoms with van der Waals surface area (Å²) in [5.41, 5.74) is 0. The van der Waals surface area contributed by atoms with Crippen LogP contribution < -0.4 is 0 Å². The van der Waals surface area contributed by atoms with Crippen molar-refractivity contribution in [3.63, 3.8) is 0 Å². The van der Waals surface area contributed by atoms with Crippen molar-refractivity contribution in [3.8, 4) is 0 Å². The van der Waals surface area contributed by atoms with E-state index >= 15 is 0 Å². The van der Waals surface area contributed by atoms with Gasteiger partial charge in [-0.3, -0.25) is 0 Å². The molecule has 1 atom stereocenters. The molecule has 0 aromatic carbocycles. The Morgan fingerprint density at radius 3 is 2.00 bits per heavy atom. The molecule has 0 radical (unpaired) electrons. The highest BCUT2D eigenvalue weighted by molar-refractivity contribution is 4.83. The number of unbranched alkanes of at least 4 members (excludes halogenated alkanes) is 2. The van der Waals surface area contributed by atoms with E-state index in [4.69, 9.17) is 0 Å². The van der Waals surface area contributed by atoms with Crippen LogP contribution in [-0.4, -0.2) is 0 Å². The van der Waals surface area contributed by atoms with Crippen molar-refractivity contribution in [3.05, 3.63) is 0 Å². The standard InChI is InChI=1S/C24H46/c1-4-5-7-12-21-16-18-23(19-17-21)24(15-10-11-20(2)3)22-13-8-6-9-14-22/h20-24H,4-19H2,1-3H3. The largest absolute Gasteiger partial charge is 0.0654 e. The normalized spacial score (nSPS) is 27.5. The smallest absolute Gasteiger partial charge is 0.0357 e. The third kappa shape index (κ3) is 7.09. The molecule has 0 aromatic heterocycles. The molecule has 2 aliphatic carbocycles. The molecule has 0 aliphatic heterocycles. The van der Waals surface area contributed by atoms with Crippen LogP contribution in [0.2, 0.25) is 0 Å². The van der Waals surface area contributed by atoms with Gasteiger partial charge in [0, 0.05) is 0 Å². The maximum Gasteiger partial charge on any atom is -0.0357 e. The third-order valence-corrected chi connectivity index (χ3v) is 7.29. The molecule has 0 bridgehead atoms. The summed E-state index contributed by atoms with van der Waals surface area (Å²) in [6.07, 6.45) is 24.3. The van der Waals surface area contributed by atoms with Gasteiger partial charge in [0.1, 0.15) is 0 Å². The molecule has 0 N–H and O–H groups in total. The summed E-state index contributed by atoms with van der Waals surface area (Å²) in [4.78, 5) is 0. The molecular weight excluding hydrogens is 288 g/mol. The first-order chi connectivity index (χ1) is 11.7. The number of hydrogen-bond acceptors (Lipinski definition) is 0. The van der Waals surface area contributed by atoms with Crippen molar-refractivity contribution in [1.29, 1.82) is 0 Å². The Bertz CT molecular complexity index is 291. The van der Waals surface area contributed by atoms with E-state index in [0.29, 0.717) is 0 Å². The lowest BCUT2D eigenvalue weighted by molar-refractivity contribution is 0.112. The fourth-order valence-corrected chi connectivity index (χ4v) is 5.77. The van der Waals surface area contributed by atoms with Gasteiger partial charge in [0.25, 0.3) is 0 Å². The van der Waals surface area contributed by atoms with Gasteiger partial charge in [-0.1, -0.05) is 104 Å². The maximum absolute atomic E-state index is 2.40. The molecular formula is C24H46. The van der Waals surface area contributed by atoms with Gasteiger partial charge >= 0.3 is 0 Å². The van der Waals surface area contributed by atoms with Crippen LogP contribution in [0, 0.1) is 29.6 Å². The monoisotopic (exact) mass is 334 g/mol. The van der Waals surface area contributed by atoms with E-state index in [1.54, 1.807) is 44.9 Å². The van der Waals surface area contributed by atoms with Gasteiger partial charge in [-0.2, -0.15) is 0 Å². The highest BCUT2D eigenvalue weighted by Gasteiger charge is 2.32.